The zero-order valence-electron chi connectivity index (χ0n) is 13.8. The van der Waals surface area contributed by atoms with Crippen LogP contribution in [0, 0.1) is 0 Å². The lowest BCUT2D eigenvalue weighted by Crippen LogP contribution is -2.28. The second-order valence-corrected chi connectivity index (χ2v) is 7.08. The van der Waals surface area contributed by atoms with E-state index in [0.29, 0.717) is 6.04 Å². The predicted octanol–water partition coefficient (Wildman–Crippen LogP) is 6.11. The number of unbranched alkanes of at least 4 members (excludes halogenated alkanes) is 7. The second kappa shape index (κ2) is 12.2. The van der Waals surface area contributed by atoms with Gasteiger partial charge in [-0.25, -0.2) is 0 Å². The summed E-state index contributed by atoms with van der Waals surface area (Å²) in [5.74, 6) is 0. The zero-order valence-corrected chi connectivity index (χ0v) is 15.4. The molecule has 1 atom stereocenters. The van der Waals surface area contributed by atoms with Crippen molar-refractivity contribution in [3.63, 3.8) is 0 Å². The van der Waals surface area contributed by atoms with Gasteiger partial charge in [-0.05, 0) is 44.0 Å². The molecule has 0 aliphatic carbocycles. The molecule has 0 fully saturated rings. The Bertz CT molecular complexity index is 347. The molecule has 0 aliphatic heterocycles. The van der Waals surface area contributed by atoms with E-state index >= 15 is 0 Å². The van der Waals surface area contributed by atoms with E-state index in [4.69, 9.17) is 0 Å². The summed E-state index contributed by atoms with van der Waals surface area (Å²) in [5, 5.41) is 3.65. The van der Waals surface area contributed by atoms with Gasteiger partial charge < -0.3 is 5.32 Å². The predicted molar refractivity (Wildman–Crippen MR) is 97.9 cm³/mol. The normalized spacial score (nSPS) is 12.5. The van der Waals surface area contributed by atoms with Crippen molar-refractivity contribution in [2.24, 2.45) is 0 Å². The van der Waals surface area contributed by atoms with Crippen molar-refractivity contribution < 1.29 is 0 Å². The van der Waals surface area contributed by atoms with E-state index in [0.717, 1.165) is 17.4 Å². The molecule has 0 saturated heterocycles. The molecule has 120 valence electrons. The fourth-order valence-electron chi connectivity index (χ4n) is 2.65. The van der Waals surface area contributed by atoms with Gasteiger partial charge >= 0.3 is 0 Å². The van der Waals surface area contributed by atoms with Gasteiger partial charge in [0.2, 0.25) is 0 Å². The van der Waals surface area contributed by atoms with Crippen LogP contribution in [0.5, 0.6) is 0 Å². The fourth-order valence-corrected chi connectivity index (χ4v) is 2.92. The van der Waals surface area contributed by atoms with Crippen LogP contribution >= 0.6 is 15.9 Å². The van der Waals surface area contributed by atoms with Gasteiger partial charge in [-0.3, -0.25) is 0 Å². The van der Waals surface area contributed by atoms with Crippen LogP contribution < -0.4 is 5.32 Å². The van der Waals surface area contributed by atoms with Gasteiger partial charge in [-0.2, -0.15) is 0 Å². The Hall–Kier alpha value is -0.340. The zero-order chi connectivity index (χ0) is 15.3. The van der Waals surface area contributed by atoms with Crippen LogP contribution in [-0.2, 0) is 6.42 Å². The lowest BCUT2D eigenvalue weighted by molar-refractivity contribution is 0.508. The molecule has 1 aromatic rings. The van der Waals surface area contributed by atoms with E-state index in [1.54, 1.807) is 0 Å². The molecular weight excluding hydrogens is 322 g/mol. The van der Waals surface area contributed by atoms with Crippen molar-refractivity contribution in [2.75, 3.05) is 6.54 Å². The minimum Gasteiger partial charge on any atom is -0.314 e. The van der Waals surface area contributed by atoms with Crippen molar-refractivity contribution in [2.45, 2.75) is 77.7 Å². The average molecular weight is 354 g/mol. The monoisotopic (exact) mass is 353 g/mol. The third-order valence-electron chi connectivity index (χ3n) is 3.98. The molecule has 0 heterocycles. The Morgan fingerprint density at radius 2 is 1.48 bits per heavy atom. The van der Waals surface area contributed by atoms with Gasteiger partial charge in [0.1, 0.15) is 0 Å². The van der Waals surface area contributed by atoms with E-state index in [1.165, 1.54) is 56.9 Å². The molecule has 0 saturated carbocycles. The van der Waals surface area contributed by atoms with Crippen molar-refractivity contribution >= 4 is 15.9 Å². The third kappa shape index (κ3) is 10.1. The maximum Gasteiger partial charge on any atom is 0.0175 e. The largest absolute Gasteiger partial charge is 0.314 e. The van der Waals surface area contributed by atoms with Crippen molar-refractivity contribution in [3.8, 4) is 0 Å². The van der Waals surface area contributed by atoms with Crippen LogP contribution in [0.15, 0.2) is 28.7 Å². The first-order chi connectivity index (χ1) is 10.2. The summed E-state index contributed by atoms with van der Waals surface area (Å²) in [6, 6.07) is 9.23. The number of benzene rings is 1. The van der Waals surface area contributed by atoms with E-state index in [-0.39, 0.29) is 0 Å². The lowest BCUT2D eigenvalue weighted by atomic mass is 10.1. The maximum absolute atomic E-state index is 3.65. The van der Waals surface area contributed by atoms with Crippen molar-refractivity contribution in [1.82, 2.24) is 5.32 Å². The van der Waals surface area contributed by atoms with Gasteiger partial charge in [0, 0.05) is 10.5 Å². The second-order valence-electron chi connectivity index (χ2n) is 6.16. The molecule has 1 unspecified atom stereocenters. The van der Waals surface area contributed by atoms with Crippen LogP contribution in [0.25, 0.3) is 0 Å². The fraction of sp³-hybridized carbons (Fsp3) is 0.684. The molecule has 1 aromatic carbocycles. The van der Waals surface area contributed by atoms with Crippen molar-refractivity contribution in [3.05, 3.63) is 34.3 Å². The molecule has 0 radical (unpaired) electrons. The highest BCUT2D eigenvalue weighted by atomic mass is 79.9. The Balaban J connectivity index is 1.96. The molecule has 0 aliphatic rings. The number of halogens is 1. The first-order valence-electron chi connectivity index (χ1n) is 8.70. The highest BCUT2D eigenvalue weighted by molar-refractivity contribution is 9.10. The summed E-state index contributed by atoms with van der Waals surface area (Å²) < 4.78 is 1.16. The van der Waals surface area contributed by atoms with Gasteiger partial charge in [0.25, 0.3) is 0 Å². The molecule has 0 spiro atoms. The topological polar surface area (TPSA) is 12.0 Å². The Kier molecular flexibility index (Phi) is 10.9. The van der Waals surface area contributed by atoms with E-state index in [2.05, 4.69) is 59.4 Å². The van der Waals surface area contributed by atoms with Gasteiger partial charge in [0.15, 0.2) is 0 Å². The SMILES string of the molecule is CCCCCCCCCCNC(C)Cc1ccc(Br)cc1. The summed E-state index contributed by atoms with van der Waals surface area (Å²) in [6.45, 7) is 5.72. The lowest BCUT2D eigenvalue weighted by Gasteiger charge is -2.14. The third-order valence-corrected chi connectivity index (χ3v) is 4.51. The number of hydrogen-bond donors (Lipinski definition) is 1. The number of nitrogens with one attached hydrogen (secondary N) is 1. The van der Waals surface area contributed by atoms with E-state index in [9.17, 15) is 0 Å². The van der Waals surface area contributed by atoms with Crippen LogP contribution in [0.1, 0.15) is 70.8 Å². The van der Waals surface area contributed by atoms with Crippen LogP contribution in [0.4, 0.5) is 0 Å². The Labute approximate surface area is 140 Å². The number of rotatable bonds is 12. The van der Waals surface area contributed by atoms with Crippen molar-refractivity contribution in [1.29, 1.82) is 0 Å². The summed E-state index contributed by atoms with van der Waals surface area (Å²) in [7, 11) is 0. The summed E-state index contributed by atoms with van der Waals surface area (Å²) in [4.78, 5) is 0. The highest BCUT2D eigenvalue weighted by Gasteiger charge is 2.02. The first-order valence-corrected chi connectivity index (χ1v) is 9.49. The summed E-state index contributed by atoms with van der Waals surface area (Å²) in [6.07, 6.45) is 12.3. The van der Waals surface area contributed by atoms with Crippen LogP contribution in [-0.4, -0.2) is 12.6 Å². The molecular formula is C19H32BrN. The maximum atomic E-state index is 3.65. The van der Waals surface area contributed by atoms with E-state index in [1.807, 2.05) is 0 Å². The standard InChI is InChI=1S/C19H32BrN/c1-3-4-5-6-7-8-9-10-15-21-17(2)16-18-11-13-19(20)14-12-18/h11-14,17,21H,3-10,15-16H2,1-2H3. The molecule has 0 amide bonds. The summed E-state index contributed by atoms with van der Waals surface area (Å²) >= 11 is 3.48. The molecule has 0 bridgehead atoms. The Morgan fingerprint density at radius 3 is 2.10 bits per heavy atom. The molecule has 1 rings (SSSR count). The van der Waals surface area contributed by atoms with Crippen LogP contribution in [0.2, 0.25) is 0 Å². The van der Waals surface area contributed by atoms with Gasteiger partial charge in [-0.15, -0.1) is 0 Å². The Morgan fingerprint density at radius 1 is 0.905 bits per heavy atom. The number of hydrogen-bond acceptors (Lipinski definition) is 1. The van der Waals surface area contributed by atoms with E-state index < -0.39 is 0 Å². The molecule has 21 heavy (non-hydrogen) atoms. The smallest absolute Gasteiger partial charge is 0.0175 e. The quantitative estimate of drug-likeness (QED) is 0.447. The van der Waals surface area contributed by atoms with Gasteiger partial charge in [-0.1, -0.05) is 79.9 Å². The molecule has 1 nitrogen and oxygen atoms in total. The molecule has 1 N–H and O–H groups in total. The highest BCUT2D eigenvalue weighted by Crippen LogP contribution is 2.12. The van der Waals surface area contributed by atoms with Gasteiger partial charge in [0.05, 0.1) is 0 Å². The molecule has 0 aromatic heterocycles. The van der Waals surface area contributed by atoms with Crippen LogP contribution in [0.3, 0.4) is 0 Å². The average Bonchev–Trinajstić information content (AvgIpc) is 2.48. The summed E-state index contributed by atoms with van der Waals surface area (Å²) in [5.41, 5.74) is 1.41. The minimum atomic E-state index is 0.565. The first kappa shape index (κ1) is 18.7. The minimum absolute atomic E-state index is 0.565. The molecule has 2 heteroatoms.